The van der Waals surface area contributed by atoms with E-state index >= 15 is 0 Å². The Hall–Kier alpha value is -2.58. The van der Waals surface area contributed by atoms with Crippen LogP contribution in [0, 0.1) is 11.8 Å². The zero-order valence-electron chi connectivity index (χ0n) is 20.1. The number of aliphatic carboxylic acids is 1. The van der Waals surface area contributed by atoms with Crippen LogP contribution < -0.4 is 10.6 Å². The number of ether oxygens (including phenoxy) is 1. The fourth-order valence-electron chi connectivity index (χ4n) is 4.76. The molecule has 3 rings (SSSR count). The molecule has 1 saturated carbocycles. The van der Waals surface area contributed by atoms with E-state index < -0.39 is 41.2 Å². The summed E-state index contributed by atoms with van der Waals surface area (Å²) in [6.07, 6.45) is 7.75. The SMILES string of the molecule is C[C@@H]1C[C@H]2C(=O)N[C@]3(C(=O)O)CC3/C=C\CCCCC[C@H](NC(=O)OC(C)(C)C)C(=O)N2C1. The van der Waals surface area contributed by atoms with Crippen LogP contribution in [0.5, 0.6) is 0 Å². The number of carbonyl (C=O) groups is 4. The number of carbonyl (C=O) groups excluding carboxylic acids is 3. The van der Waals surface area contributed by atoms with Gasteiger partial charge >= 0.3 is 12.1 Å². The molecule has 5 atom stereocenters. The maximum Gasteiger partial charge on any atom is 0.408 e. The van der Waals surface area contributed by atoms with Gasteiger partial charge in [0.15, 0.2) is 0 Å². The minimum atomic E-state index is -1.30. The zero-order valence-corrected chi connectivity index (χ0v) is 20.1. The molecule has 0 aromatic heterocycles. The number of carboxylic acids is 1. The molecule has 3 N–H and O–H groups in total. The molecule has 0 bridgehead atoms. The van der Waals surface area contributed by atoms with E-state index in [-0.39, 0.29) is 17.7 Å². The van der Waals surface area contributed by atoms with Crippen molar-refractivity contribution in [1.29, 1.82) is 0 Å². The highest BCUT2D eigenvalue weighted by Crippen LogP contribution is 2.45. The quantitative estimate of drug-likeness (QED) is 0.541. The van der Waals surface area contributed by atoms with Crippen molar-refractivity contribution in [3.8, 4) is 0 Å². The molecule has 1 saturated heterocycles. The van der Waals surface area contributed by atoms with Gasteiger partial charge in [0, 0.05) is 12.5 Å². The van der Waals surface area contributed by atoms with Crippen molar-refractivity contribution in [2.75, 3.05) is 6.54 Å². The van der Waals surface area contributed by atoms with Crippen LogP contribution in [-0.2, 0) is 19.1 Å². The molecule has 3 amide bonds. The monoisotopic (exact) mass is 463 g/mol. The van der Waals surface area contributed by atoms with Gasteiger partial charge in [-0.15, -0.1) is 0 Å². The number of hydrogen-bond acceptors (Lipinski definition) is 5. The van der Waals surface area contributed by atoms with Crippen LogP contribution >= 0.6 is 0 Å². The van der Waals surface area contributed by atoms with E-state index in [4.69, 9.17) is 4.74 Å². The summed E-state index contributed by atoms with van der Waals surface area (Å²) < 4.78 is 5.35. The molecule has 2 heterocycles. The average molecular weight is 464 g/mol. The van der Waals surface area contributed by atoms with E-state index in [0.717, 1.165) is 25.7 Å². The normalized spacial score (nSPS) is 34.1. The topological polar surface area (TPSA) is 125 Å². The Balaban J connectivity index is 1.83. The first-order valence-corrected chi connectivity index (χ1v) is 11.9. The van der Waals surface area contributed by atoms with Gasteiger partial charge in [0.25, 0.3) is 0 Å². The van der Waals surface area contributed by atoms with Crippen LogP contribution in [0.25, 0.3) is 0 Å². The van der Waals surface area contributed by atoms with E-state index in [9.17, 15) is 24.3 Å². The van der Waals surface area contributed by atoms with E-state index in [0.29, 0.717) is 25.8 Å². The summed E-state index contributed by atoms with van der Waals surface area (Å²) in [7, 11) is 0. The minimum absolute atomic E-state index is 0.0847. The third kappa shape index (κ3) is 6.06. The van der Waals surface area contributed by atoms with Crippen molar-refractivity contribution < 1.29 is 29.0 Å². The van der Waals surface area contributed by atoms with E-state index in [1.54, 1.807) is 20.8 Å². The molecule has 184 valence electrons. The number of carboxylic acid groups (broad SMARTS) is 1. The summed E-state index contributed by atoms with van der Waals surface area (Å²) >= 11 is 0. The van der Waals surface area contributed by atoms with E-state index in [1.165, 1.54) is 4.90 Å². The van der Waals surface area contributed by atoms with Gasteiger partial charge in [0.2, 0.25) is 11.8 Å². The maximum atomic E-state index is 13.5. The maximum absolute atomic E-state index is 13.5. The predicted octanol–water partition coefficient (Wildman–Crippen LogP) is 2.60. The number of nitrogens with one attached hydrogen (secondary N) is 2. The number of nitrogens with zero attached hydrogens (tertiary/aromatic N) is 1. The first kappa shape index (κ1) is 25.1. The Bertz CT molecular complexity index is 820. The Morgan fingerprint density at radius 1 is 1.24 bits per heavy atom. The lowest BCUT2D eigenvalue weighted by Crippen LogP contribution is -2.56. The van der Waals surface area contributed by atoms with Crippen LogP contribution in [0.1, 0.15) is 72.6 Å². The average Bonchev–Trinajstić information content (AvgIpc) is 3.25. The first-order chi connectivity index (χ1) is 15.4. The Morgan fingerprint density at radius 3 is 2.64 bits per heavy atom. The molecule has 9 heteroatoms. The second kappa shape index (κ2) is 9.73. The highest BCUT2D eigenvalue weighted by atomic mass is 16.6. The second-order valence-corrected chi connectivity index (χ2v) is 10.7. The van der Waals surface area contributed by atoms with Gasteiger partial charge in [-0.3, -0.25) is 9.59 Å². The minimum Gasteiger partial charge on any atom is -0.479 e. The molecule has 3 aliphatic rings. The summed E-state index contributed by atoms with van der Waals surface area (Å²) in [4.78, 5) is 52.6. The highest BCUT2D eigenvalue weighted by Gasteiger charge is 2.61. The summed E-state index contributed by atoms with van der Waals surface area (Å²) in [6, 6.07) is -1.56. The molecular weight excluding hydrogens is 426 g/mol. The molecule has 33 heavy (non-hydrogen) atoms. The summed E-state index contributed by atoms with van der Waals surface area (Å²) in [6.45, 7) is 7.60. The summed E-state index contributed by atoms with van der Waals surface area (Å²) in [5.74, 6) is -1.98. The molecule has 0 aromatic rings. The van der Waals surface area contributed by atoms with Crippen molar-refractivity contribution in [2.45, 2.75) is 95.9 Å². The van der Waals surface area contributed by atoms with Crippen molar-refractivity contribution >= 4 is 23.9 Å². The summed E-state index contributed by atoms with van der Waals surface area (Å²) in [5, 5.41) is 15.2. The third-order valence-electron chi connectivity index (χ3n) is 6.56. The molecule has 0 spiro atoms. The molecule has 2 fully saturated rings. The Kier molecular flexibility index (Phi) is 7.39. The molecule has 0 aromatic carbocycles. The van der Waals surface area contributed by atoms with Crippen LogP contribution in [0.2, 0.25) is 0 Å². The summed E-state index contributed by atoms with van der Waals surface area (Å²) in [5.41, 5.74) is -2.00. The van der Waals surface area contributed by atoms with Gasteiger partial charge < -0.3 is 25.4 Å². The Labute approximate surface area is 195 Å². The van der Waals surface area contributed by atoms with Gasteiger partial charge in [0.05, 0.1) is 0 Å². The van der Waals surface area contributed by atoms with Crippen molar-refractivity contribution in [1.82, 2.24) is 15.5 Å². The van der Waals surface area contributed by atoms with Crippen molar-refractivity contribution in [2.24, 2.45) is 11.8 Å². The number of rotatable bonds is 2. The first-order valence-electron chi connectivity index (χ1n) is 11.9. The lowest BCUT2D eigenvalue weighted by atomic mass is 10.0. The lowest BCUT2D eigenvalue weighted by Gasteiger charge is -2.30. The fourth-order valence-corrected chi connectivity index (χ4v) is 4.76. The number of hydrogen-bond donors (Lipinski definition) is 3. The van der Waals surface area contributed by atoms with E-state index in [2.05, 4.69) is 10.6 Å². The molecule has 1 aliphatic carbocycles. The van der Waals surface area contributed by atoms with Gasteiger partial charge in [-0.2, -0.15) is 0 Å². The number of amides is 3. The smallest absolute Gasteiger partial charge is 0.408 e. The molecular formula is C24H37N3O6. The second-order valence-electron chi connectivity index (χ2n) is 10.7. The van der Waals surface area contributed by atoms with Gasteiger partial charge in [0.1, 0.15) is 23.2 Å². The van der Waals surface area contributed by atoms with Crippen LogP contribution in [0.4, 0.5) is 4.79 Å². The molecule has 9 nitrogen and oxygen atoms in total. The predicted molar refractivity (Wildman–Crippen MR) is 121 cm³/mol. The van der Waals surface area contributed by atoms with Gasteiger partial charge in [-0.05, 0) is 58.8 Å². The Morgan fingerprint density at radius 2 is 1.97 bits per heavy atom. The molecule has 1 unspecified atom stereocenters. The van der Waals surface area contributed by atoms with Crippen LogP contribution in [0.3, 0.4) is 0 Å². The number of alkyl carbamates (subject to hydrolysis) is 1. The largest absolute Gasteiger partial charge is 0.479 e. The van der Waals surface area contributed by atoms with Crippen molar-refractivity contribution in [3.05, 3.63) is 12.2 Å². The van der Waals surface area contributed by atoms with Crippen molar-refractivity contribution in [3.63, 3.8) is 0 Å². The van der Waals surface area contributed by atoms with Crippen LogP contribution in [-0.4, -0.2) is 63.7 Å². The molecule has 0 radical (unpaired) electrons. The highest BCUT2D eigenvalue weighted by molar-refractivity contribution is 5.96. The lowest BCUT2D eigenvalue weighted by molar-refractivity contribution is -0.145. The van der Waals surface area contributed by atoms with Crippen LogP contribution in [0.15, 0.2) is 12.2 Å². The van der Waals surface area contributed by atoms with E-state index in [1.807, 2.05) is 19.1 Å². The fraction of sp³-hybridized carbons (Fsp3) is 0.750. The standard InChI is InChI=1S/C24H37N3O6/c1-15-12-18-19(28)26-24(21(30)31)13-16(24)10-8-6-5-7-9-11-17(20(29)27(18)14-15)25-22(32)33-23(2,3)4/h8,10,15-18H,5-7,9,11-14H2,1-4H3,(H,25,32)(H,26,28)(H,30,31)/b10-8-/t15-,16?,17+,18+,24-/m1/s1. The number of allylic oxidation sites excluding steroid dienone is 1. The van der Waals surface area contributed by atoms with Gasteiger partial charge in [-0.1, -0.05) is 31.9 Å². The molecule has 2 aliphatic heterocycles. The number of fused-ring (bicyclic) bond motifs is 2. The zero-order chi connectivity index (χ0) is 24.4. The third-order valence-corrected chi connectivity index (χ3v) is 6.56. The van der Waals surface area contributed by atoms with Gasteiger partial charge in [-0.25, -0.2) is 9.59 Å².